The summed E-state index contributed by atoms with van der Waals surface area (Å²) < 4.78 is 2.61. The molecule has 0 N–H and O–H groups in total. The summed E-state index contributed by atoms with van der Waals surface area (Å²) in [5.41, 5.74) is 0.519. The molecule has 1 aromatic heterocycles. The van der Waals surface area contributed by atoms with Gasteiger partial charge in [0.25, 0.3) is 0 Å². The summed E-state index contributed by atoms with van der Waals surface area (Å²) >= 11 is 5.55. The fourth-order valence-electron chi connectivity index (χ4n) is 3.37. The second-order valence-corrected chi connectivity index (χ2v) is 7.55. The van der Waals surface area contributed by atoms with Crippen LogP contribution < -0.4 is 0 Å². The van der Waals surface area contributed by atoms with Crippen molar-refractivity contribution in [3.05, 3.63) is 33.6 Å². The predicted molar refractivity (Wildman–Crippen MR) is 76.8 cm³/mol. The highest BCUT2D eigenvalue weighted by atomic mass is 79.9. The first kappa shape index (κ1) is 10.5. The minimum Gasteiger partial charge on any atom is -0.305 e. The summed E-state index contributed by atoms with van der Waals surface area (Å²) in [7, 11) is 2.25. The van der Waals surface area contributed by atoms with Gasteiger partial charge in [0.1, 0.15) is 0 Å². The van der Waals surface area contributed by atoms with E-state index in [9.17, 15) is 0 Å². The molecule has 0 bridgehead atoms. The smallest absolute Gasteiger partial charge is 0.0357 e. The number of halogens is 1. The SMILES string of the molecule is CN1CC2CC2(c2cc3ccc(Br)cc3s2)C1. The average molecular weight is 308 g/mol. The summed E-state index contributed by atoms with van der Waals surface area (Å²) in [5, 5.41) is 1.41. The highest BCUT2D eigenvalue weighted by Gasteiger charge is 2.60. The minimum absolute atomic E-state index is 0.519. The predicted octanol–water partition coefficient (Wildman–Crippen LogP) is 3.87. The van der Waals surface area contributed by atoms with Gasteiger partial charge in [-0.3, -0.25) is 0 Å². The largest absolute Gasteiger partial charge is 0.305 e. The molecule has 2 unspecified atom stereocenters. The first-order valence-corrected chi connectivity index (χ1v) is 7.66. The highest BCUT2D eigenvalue weighted by molar-refractivity contribution is 9.10. The zero-order valence-electron chi connectivity index (χ0n) is 9.74. The lowest BCUT2D eigenvalue weighted by molar-refractivity contribution is 0.364. The molecule has 2 atom stereocenters. The number of likely N-dealkylation sites (tertiary alicyclic amines) is 1. The van der Waals surface area contributed by atoms with E-state index >= 15 is 0 Å². The maximum absolute atomic E-state index is 3.56. The first-order chi connectivity index (χ1) is 8.17. The van der Waals surface area contributed by atoms with Crippen molar-refractivity contribution in [1.29, 1.82) is 0 Å². The number of rotatable bonds is 1. The van der Waals surface area contributed by atoms with Crippen molar-refractivity contribution in [2.75, 3.05) is 20.1 Å². The Bertz CT molecular complexity index is 605. The van der Waals surface area contributed by atoms with Crippen molar-refractivity contribution in [2.45, 2.75) is 11.8 Å². The zero-order chi connectivity index (χ0) is 11.6. The molecule has 2 aliphatic rings. The molecule has 4 rings (SSSR count). The first-order valence-electron chi connectivity index (χ1n) is 6.05. The van der Waals surface area contributed by atoms with Gasteiger partial charge in [0, 0.05) is 32.6 Å². The Labute approximate surface area is 114 Å². The number of hydrogen-bond acceptors (Lipinski definition) is 2. The molecule has 1 nitrogen and oxygen atoms in total. The summed E-state index contributed by atoms with van der Waals surface area (Å²) in [6, 6.07) is 9.04. The van der Waals surface area contributed by atoms with Crippen molar-refractivity contribution in [3.63, 3.8) is 0 Å². The molecular weight excluding hydrogens is 294 g/mol. The maximum Gasteiger partial charge on any atom is 0.0357 e. The molecule has 1 aliphatic carbocycles. The summed E-state index contributed by atoms with van der Waals surface area (Å²) in [5.74, 6) is 0.920. The average Bonchev–Trinajstić information content (AvgIpc) is 2.70. The Morgan fingerprint density at radius 3 is 3.06 bits per heavy atom. The van der Waals surface area contributed by atoms with E-state index in [4.69, 9.17) is 0 Å². The fourth-order valence-corrected chi connectivity index (χ4v) is 5.25. The summed E-state index contributed by atoms with van der Waals surface area (Å²) in [6.45, 7) is 2.55. The van der Waals surface area contributed by atoms with E-state index in [1.165, 1.54) is 34.1 Å². The van der Waals surface area contributed by atoms with Crippen LogP contribution in [0.2, 0.25) is 0 Å². The highest BCUT2D eigenvalue weighted by Crippen LogP contribution is 2.60. The van der Waals surface area contributed by atoms with Gasteiger partial charge < -0.3 is 4.90 Å². The van der Waals surface area contributed by atoms with Crippen LogP contribution in [0.1, 0.15) is 11.3 Å². The fraction of sp³-hybridized carbons (Fsp3) is 0.429. The van der Waals surface area contributed by atoms with Crippen LogP contribution in [0.15, 0.2) is 28.7 Å². The van der Waals surface area contributed by atoms with Crippen molar-refractivity contribution >= 4 is 37.4 Å². The Morgan fingerprint density at radius 1 is 1.41 bits per heavy atom. The number of piperidine rings is 1. The van der Waals surface area contributed by atoms with Gasteiger partial charge in [-0.15, -0.1) is 11.3 Å². The molecule has 88 valence electrons. The Balaban J connectivity index is 1.82. The molecule has 1 saturated heterocycles. The lowest BCUT2D eigenvalue weighted by atomic mass is 10.0. The molecule has 17 heavy (non-hydrogen) atoms. The molecule has 1 aromatic carbocycles. The quantitative estimate of drug-likeness (QED) is 0.773. The van der Waals surface area contributed by atoms with E-state index in [-0.39, 0.29) is 0 Å². The monoisotopic (exact) mass is 307 g/mol. The van der Waals surface area contributed by atoms with Crippen molar-refractivity contribution < 1.29 is 0 Å². The molecule has 1 saturated carbocycles. The minimum atomic E-state index is 0.519. The van der Waals surface area contributed by atoms with E-state index in [2.05, 4.69) is 52.1 Å². The number of likely N-dealkylation sites (N-methyl/N-ethyl adjacent to an activating group) is 1. The molecule has 0 amide bonds. The number of nitrogens with zero attached hydrogens (tertiary/aromatic N) is 1. The van der Waals surface area contributed by atoms with Gasteiger partial charge in [0.05, 0.1) is 0 Å². The van der Waals surface area contributed by atoms with Gasteiger partial charge in [-0.05, 0) is 43.0 Å². The van der Waals surface area contributed by atoms with Gasteiger partial charge in [0.2, 0.25) is 0 Å². The van der Waals surface area contributed by atoms with Crippen LogP contribution in [0.5, 0.6) is 0 Å². The van der Waals surface area contributed by atoms with Crippen LogP contribution in [-0.4, -0.2) is 25.0 Å². The standard InChI is InChI=1S/C14H14BrNS/c1-16-7-10-6-14(10,8-16)13-4-9-2-3-11(15)5-12(9)17-13/h2-5,10H,6-8H2,1H3. The van der Waals surface area contributed by atoms with Crippen LogP contribution >= 0.6 is 27.3 Å². The van der Waals surface area contributed by atoms with Gasteiger partial charge in [-0.1, -0.05) is 22.0 Å². The van der Waals surface area contributed by atoms with Crippen LogP contribution in [0.25, 0.3) is 10.1 Å². The topological polar surface area (TPSA) is 3.24 Å². The second kappa shape index (κ2) is 3.34. The van der Waals surface area contributed by atoms with Gasteiger partial charge in [-0.25, -0.2) is 0 Å². The zero-order valence-corrected chi connectivity index (χ0v) is 12.1. The van der Waals surface area contributed by atoms with E-state index in [1.54, 1.807) is 4.88 Å². The van der Waals surface area contributed by atoms with Crippen LogP contribution in [0, 0.1) is 5.92 Å². The van der Waals surface area contributed by atoms with Crippen molar-refractivity contribution in [3.8, 4) is 0 Å². The molecule has 0 radical (unpaired) electrons. The molecule has 3 heteroatoms. The van der Waals surface area contributed by atoms with Crippen LogP contribution in [0.4, 0.5) is 0 Å². The van der Waals surface area contributed by atoms with E-state index in [0.29, 0.717) is 5.41 Å². The van der Waals surface area contributed by atoms with Crippen LogP contribution in [-0.2, 0) is 5.41 Å². The molecule has 1 aliphatic heterocycles. The third-order valence-corrected chi connectivity index (χ3v) is 6.10. The number of fused-ring (bicyclic) bond motifs is 2. The van der Waals surface area contributed by atoms with E-state index in [1.807, 2.05) is 11.3 Å². The van der Waals surface area contributed by atoms with Crippen molar-refractivity contribution in [1.82, 2.24) is 4.90 Å². The molecule has 2 fully saturated rings. The molecule has 0 spiro atoms. The van der Waals surface area contributed by atoms with Gasteiger partial charge >= 0.3 is 0 Å². The molecular formula is C14H14BrNS. The number of thiophene rings is 1. The third-order valence-electron chi connectivity index (χ3n) is 4.29. The summed E-state index contributed by atoms with van der Waals surface area (Å²) in [6.07, 6.45) is 1.41. The lowest BCUT2D eigenvalue weighted by Crippen LogP contribution is -2.21. The number of benzene rings is 1. The van der Waals surface area contributed by atoms with Crippen LogP contribution in [0.3, 0.4) is 0 Å². The Kier molecular flexibility index (Phi) is 2.07. The molecule has 2 aromatic rings. The lowest BCUT2D eigenvalue weighted by Gasteiger charge is -2.14. The summed E-state index contributed by atoms with van der Waals surface area (Å²) in [4.78, 5) is 4.09. The van der Waals surface area contributed by atoms with Gasteiger partial charge in [0.15, 0.2) is 0 Å². The van der Waals surface area contributed by atoms with Crippen molar-refractivity contribution in [2.24, 2.45) is 5.92 Å². The van der Waals surface area contributed by atoms with E-state index < -0.39 is 0 Å². The normalized spacial score (nSPS) is 32.0. The van der Waals surface area contributed by atoms with Gasteiger partial charge in [-0.2, -0.15) is 0 Å². The number of hydrogen-bond donors (Lipinski definition) is 0. The second-order valence-electron chi connectivity index (χ2n) is 5.55. The van der Waals surface area contributed by atoms with E-state index in [0.717, 1.165) is 5.92 Å². The third kappa shape index (κ3) is 1.46. The Morgan fingerprint density at radius 2 is 2.29 bits per heavy atom. The maximum atomic E-state index is 3.56. The Hall–Kier alpha value is -0.380. The molecule has 2 heterocycles.